The van der Waals surface area contributed by atoms with Crippen LogP contribution in [0.25, 0.3) is 0 Å². The van der Waals surface area contributed by atoms with Crippen molar-refractivity contribution in [2.75, 3.05) is 6.61 Å². The molecule has 1 amide bonds. The number of thiophene rings is 1. The molecule has 2 rings (SSSR count). The van der Waals surface area contributed by atoms with Gasteiger partial charge in [-0.05, 0) is 31.2 Å². The molecule has 0 fully saturated rings. The Kier molecular flexibility index (Phi) is 6.56. The predicted octanol–water partition coefficient (Wildman–Crippen LogP) is 5.28. The van der Waals surface area contributed by atoms with Gasteiger partial charge in [-0.1, -0.05) is 46.4 Å². The van der Waals surface area contributed by atoms with Crippen LogP contribution in [0.3, 0.4) is 0 Å². The Balaban J connectivity index is 1.92. The van der Waals surface area contributed by atoms with Gasteiger partial charge < -0.3 is 4.74 Å². The molecule has 122 valence electrons. The molecule has 2 aromatic rings. The second-order valence-electron chi connectivity index (χ2n) is 4.33. The van der Waals surface area contributed by atoms with E-state index in [9.17, 15) is 4.79 Å². The topological polar surface area (TPSA) is 50.7 Å². The number of hydrazone groups is 1. The average Bonchev–Trinajstić information content (AvgIpc) is 2.82. The fourth-order valence-corrected chi connectivity index (χ4v) is 3.59. The van der Waals surface area contributed by atoms with E-state index in [0.717, 1.165) is 0 Å². The molecule has 0 aliphatic heterocycles. The Morgan fingerprint density at radius 2 is 2.00 bits per heavy atom. The lowest BCUT2D eigenvalue weighted by atomic mass is 10.2. The van der Waals surface area contributed by atoms with Gasteiger partial charge in [-0.15, -0.1) is 11.3 Å². The third-order valence-electron chi connectivity index (χ3n) is 2.65. The van der Waals surface area contributed by atoms with Crippen LogP contribution in [-0.2, 0) is 4.79 Å². The number of halogens is 4. The number of ether oxygens (including phenoxy) is 1. The summed E-state index contributed by atoms with van der Waals surface area (Å²) in [6, 6.07) is 6.41. The Bertz CT molecular complexity index is 761. The highest BCUT2D eigenvalue weighted by Crippen LogP contribution is 2.31. The number of carbonyl (C=O) groups excluding carboxylic acids is 1. The van der Waals surface area contributed by atoms with Crippen LogP contribution < -0.4 is 10.2 Å². The monoisotopic (exact) mass is 410 g/mol. The number of nitrogens with one attached hydrogen (secondary N) is 1. The maximum Gasteiger partial charge on any atom is 0.277 e. The summed E-state index contributed by atoms with van der Waals surface area (Å²) in [7, 11) is 0. The maximum absolute atomic E-state index is 11.8. The number of benzene rings is 1. The van der Waals surface area contributed by atoms with Crippen molar-refractivity contribution >= 4 is 69.4 Å². The quantitative estimate of drug-likeness (QED) is 0.537. The molecule has 1 heterocycles. The van der Waals surface area contributed by atoms with Crippen molar-refractivity contribution in [2.24, 2.45) is 5.10 Å². The van der Waals surface area contributed by atoms with Gasteiger partial charge >= 0.3 is 0 Å². The summed E-state index contributed by atoms with van der Waals surface area (Å²) in [5.41, 5.74) is 3.58. The maximum atomic E-state index is 11.8. The lowest BCUT2D eigenvalue weighted by Gasteiger charge is -2.07. The first kappa shape index (κ1) is 18.4. The fourth-order valence-electron chi connectivity index (χ4n) is 1.56. The third kappa shape index (κ3) is 5.26. The summed E-state index contributed by atoms with van der Waals surface area (Å²) in [5, 5.41) is 4.77. The van der Waals surface area contributed by atoms with E-state index in [2.05, 4.69) is 10.5 Å². The molecule has 0 saturated carbocycles. The normalized spacial score (nSPS) is 11.4. The first-order valence-electron chi connectivity index (χ1n) is 6.23. The zero-order valence-electron chi connectivity index (χ0n) is 11.7. The van der Waals surface area contributed by atoms with E-state index < -0.39 is 5.91 Å². The minimum atomic E-state index is -0.437. The van der Waals surface area contributed by atoms with Crippen molar-refractivity contribution in [1.82, 2.24) is 5.43 Å². The number of carbonyl (C=O) groups is 1. The molecule has 23 heavy (non-hydrogen) atoms. The van der Waals surface area contributed by atoms with Crippen molar-refractivity contribution in [3.05, 3.63) is 48.5 Å². The fraction of sp³-hybridized carbons (Fsp3) is 0.143. The van der Waals surface area contributed by atoms with Crippen LogP contribution in [0.2, 0.25) is 18.7 Å². The lowest BCUT2D eigenvalue weighted by Crippen LogP contribution is -2.25. The molecule has 4 nitrogen and oxygen atoms in total. The van der Waals surface area contributed by atoms with Gasteiger partial charge in [-0.2, -0.15) is 5.10 Å². The van der Waals surface area contributed by atoms with Crippen molar-refractivity contribution in [3.63, 3.8) is 0 Å². The molecule has 0 aliphatic carbocycles. The van der Waals surface area contributed by atoms with Gasteiger partial charge in [-0.25, -0.2) is 5.43 Å². The van der Waals surface area contributed by atoms with Gasteiger partial charge in [0.05, 0.1) is 15.1 Å². The highest BCUT2D eigenvalue weighted by Gasteiger charge is 2.10. The van der Waals surface area contributed by atoms with Crippen molar-refractivity contribution in [1.29, 1.82) is 0 Å². The first-order valence-corrected chi connectivity index (χ1v) is 8.56. The minimum absolute atomic E-state index is 0.240. The summed E-state index contributed by atoms with van der Waals surface area (Å²) >= 11 is 24.8. The number of hydrogen-bond donors (Lipinski definition) is 1. The van der Waals surface area contributed by atoms with Gasteiger partial charge in [0.2, 0.25) is 0 Å². The van der Waals surface area contributed by atoms with Crippen LogP contribution in [-0.4, -0.2) is 18.2 Å². The standard InChI is InChI=1S/C14H10Cl4N2O2S/c1-7(9-5-12(17)23-14(9)18)19-20-13(21)6-22-11-3-2-8(15)4-10(11)16/h2-5H,6H2,1H3,(H,20,21). The van der Waals surface area contributed by atoms with Crippen LogP contribution >= 0.6 is 57.7 Å². The summed E-state index contributed by atoms with van der Waals surface area (Å²) in [6.07, 6.45) is 0. The first-order chi connectivity index (χ1) is 10.9. The van der Waals surface area contributed by atoms with E-state index in [1.54, 1.807) is 25.1 Å². The summed E-state index contributed by atoms with van der Waals surface area (Å²) < 4.78 is 6.36. The molecule has 0 atom stereocenters. The number of amides is 1. The van der Waals surface area contributed by atoms with E-state index in [0.29, 0.717) is 35.7 Å². The Hall–Kier alpha value is -0.980. The van der Waals surface area contributed by atoms with Gasteiger partial charge in [0.15, 0.2) is 6.61 Å². The number of hydrogen-bond acceptors (Lipinski definition) is 4. The summed E-state index contributed by atoms with van der Waals surface area (Å²) in [5.74, 6) is -0.0765. The molecule has 0 aliphatic rings. The lowest BCUT2D eigenvalue weighted by molar-refractivity contribution is -0.123. The average molecular weight is 412 g/mol. The molecule has 0 bridgehead atoms. The second kappa shape index (κ2) is 8.22. The largest absolute Gasteiger partial charge is 0.482 e. The molecular formula is C14H10Cl4N2O2S. The van der Waals surface area contributed by atoms with Gasteiger partial charge in [-0.3, -0.25) is 4.79 Å². The Morgan fingerprint density at radius 3 is 2.61 bits per heavy atom. The number of rotatable bonds is 5. The molecular weight excluding hydrogens is 402 g/mol. The van der Waals surface area contributed by atoms with Crippen LogP contribution in [0.5, 0.6) is 5.75 Å². The van der Waals surface area contributed by atoms with E-state index in [1.165, 1.54) is 17.4 Å². The third-order valence-corrected chi connectivity index (χ3v) is 4.67. The zero-order valence-corrected chi connectivity index (χ0v) is 15.5. The molecule has 0 unspecified atom stereocenters. The molecule has 1 aromatic heterocycles. The highest BCUT2D eigenvalue weighted by molar-refractivity contribution is 7.20. The van der Waals surface area contributed by atoms with Crippen LogP contribution in [0.4, 0.5) is 0 Å². The number of nitrogens with zero attached hydrogens (tertiary/aromatic N) is 1. The second-order valence-corrected chi connectivity index (χ2v) is 7.46. The van der Waals surface area contributed by atoms with E-state index in [4.69, 9.17) is 51.1 Å². The van der Waals surface area contributed by atoms with Crippen molar-refractivity contribution in [2.45, 2.75) is 6.92 Å². The minimum Gasteiger partial charge on any atom is -0.482 e. The summed E-state index contributed by atoms with van der Waals surface area (Å²) in [6.45, 7) is 1.47. The molecule has 9 heteroatoms. The van der Waals surface area contributed by atoms with Crippen molar-refractivity contribution in [3.8, 4) is 5.75 Å². The SMILES string of the molecule is CC(=NNC(=O)COc1ccc(Cl)cc1Cl)c1cc(Cl)sc1Cl. The Labute approximate surface area is 156 Å². The summed E-state index contributed by atoms with van der Waals surface area (Å²) in [4.78, 5) is 11.8. The van der Waals surface area contributed by atoms with Crippen LogP contribution in [0.15, 0.2) is 29.4 Å². The van der Waals surface area contributed by atoms with E-state index in [-0.39, 0.29) is 6.61 Å². The van der Waals surface area contributed by atoms with Gasteiger partial charge in [0.1, 0.15) is 10.1 Å². The van der Waals surface area contributed by atoms with E-state index >= 15 is 0 Å². The van der Waals surface area contributed by atoms with Crippen LogP contribution in [0, 0.1) is 0 Å². The van der Waals surface area contributed by atoms with E-state index in [1.807, 2.05) is 0 Å². The predicted molar refractivity (Wildman–Crippen MR) is 96.6 cm³/mol. The van der Waals surface area contributed by atoms with Gasteiger partial charge in [0, 0.05) is 10.6 Å². The molecule has 0 radical (unpaired) electrons. The highest BCUT2D eigenvalue weighted by atomic mass is 35.5. The van der Waals surface area contributed by atoms with Gasteiger partial charge in [0.25, 0.3) is 5.91 Å². The smallest absolute Gasteiger partial charge is 0.277 e. The zero-order chi connectivity index (χ0) is 17.0. The molecule has 0 saturated heterocycles. The molecule has 1 aromatic carbocycles. The van der Waals surface area contributed by atoms with Crippen LogP contribution in [0.1, 0.15) is 12.5 Å². The molecule has 1 N–H and O–H groups in total. The van der Waals surface area contributed by atoms with Crippen molar-refractivity contribution < 1.29 is 9.53 Å². The Morgan fingerprint density at radius 1 is 1.26 bits per heavy atom. The molecule has 0 spiro atoms.